The first-order chi connectivity index (χ1) is 9.29. The molecule has 1 N–H and O–H groups in total. The van der Waals surface area contributed by atoms with Crippen molar-refractivity contribution in [1.29, 1.82) is 0 Å². The van der Waals surface area contributed by atoms with Crippen LogP contribution < -0.4 is 0 Å². The Kier molecular flexibility index (Phi) is 5.67. The minimum atomic E-state index is -1.01. The topological polar surface area (TPSA) is 87.2 Å². The van der Waals surface area contributed by atoms with Crippen molar-refractivity contribution in [3.63, 3.8) is 0 Å². The number of ether oxygens (including phenoxy) is 1. The molecule has 0 aromatic rings. The van der Waals surface area contributed by atoms with Crippen LogP contribution in [0.2, 0.25) is 0 Å². The zero-order chi connectivity index (χ0) is 15.4. The van der Waals surface area contributed by atoms with Gasteiger partial charge in [-0.3, -0.25) is 9.69 Å². The number of methoxy groups -OCH3 is 1. The lowest BCUT2D eigenvalue weighted by Crippen LogP contribution is -2.51. The lowest BCUT2D eigenvalue weighted by atomic mass is 10.2. The van der Waals surface area contributed by atoms with E-state index in [-0.39, 0.29) is 17.9 Å². The Morgan fingerprint density at radius 3 is 2.60 bits per heavy atom. The third-order valence-electron chi connectivity index (χ3n) is 3.21. The second-order valence-corrected chi connectivity index (χ2v) is 6.13. The van der Waals surface area contributed by atoms with E-state index in [4.69, 9.17) is 5.11 Å². The van der Waals surface area contributed by atoms with Gasteiger partial charge in [-0.2, -0.15) is 0 Å². The molecule has 0 radical (unpaired) electrons. The molecule has 0 saturated carbocycles. The molecule has 1 fully saturated rings. The van der Waals surface area contributed by atoms with E-state index in [0.717, 1.165) is 0 Å². The molecule has 0 spiro atoms. The molecular weight excluding hydrogens is 284 g/mol. The number of esters is 1. The average molecular weight is 304 g/mol. The van der Waals surface area contributed by atoms with Gasteiger partial charge in [0.2, 0.25) is 0 Å². The second-order valence-electron chi connectivity index (χ2n) is 4.78. The SMILES string of the molecule is COC(=O)C(C)CN(C)C(=O)N1C(C)SCC1C(=O)O. The first kappa shape index (κ1) is 16.6. The largest absolute Gasteiger partial charge is 0.480 e. The summed E-state index contributed by atoms with van der Waals surface area (Å²) in [6.45, 7) is 3.64. The molecule has 1 aliphatic rings. The predicted molar refractivity (Wildman–Crippen MR) is 74.4 cm³/mol. The lowest BCUT2D eigenvalue weighted by Gasteiger charge is -2.31. The van der Waals surface area contributed by atoms with Gasteiger partial charge in [0, 0.05) is 19.3 Å². The molecule has 3 atom stereocenters. The lowest BCUT2D eigenvalue weighted by molar-refractivity contribution is -0.145. The summed E-state index contributed by atoms with van der Waals surface area (Å²) in [7, 11) is 2.84. The van der Waals surface area contributed by atoms with E-state index in [1.54, 1.807) is 20.9 Å². The Hall–Kier alpha value is -1.44. The minimum absolute atomic E-state index is 0.186. The van der Waals surface area contributed by atoms with Crippen LogP contribution in [0.15, 0.2) is 0 Å². The van der Waals surface area contributed by atoms with Gasteiger partial charge in [-0.05, 0) is 6.92 Å². The first-order valence-electron chi connectivity index (χ1n) is 6.25. The smallest absolute Gasteiger partial charge is 0.327 e. The summed E-state index contributed by atoms with van der Waals surface area (Å²) in [4.78, 5) is 37.6. The maximum atomic E-state index is 12.3. The van der Waals surface area contributed by atoms with E-state index in [0.29, 0.717) is 5.75 Å². The van der Waals surface area contributed by atoms with Crippen molar-refractivity contribution in [3.8, 4) is 0 Å². The van der Waals surface area contributed by atoms with E-state index in [9.17, 15) is 14.4 Å². The molecule has 1 heterocycles. The zero-order valence-electron chi connectivity index (χ0n) is 12.0. The Balaban J connectivity index is 2.72. The highest BCUT2D eigenvalue weighted by atomic mass is 32.2. The van der Waals surface area contributed by atoms with Crippen LogP contribution in [-0.2, 0) is 14.3 Å². The van der Waals surface area contributed by atoms with E-state index < -0.39 is 23.9 Å². The van der Waals surface area contributed by atoms with E-state index in [1.807, 2.05) is 0 Å². The summed E-state index contributed by atoms with van der Waals surface area (Å²) in [5.74, 6) is -1.49. The number of carboxylic acids is 1. The van der Waals surface area contributed by atoms with Gasteiger partial charge in [0.05, 0.1) is 18.4 Å². The molecule has 8 heteroatoms. The number of carbonyl (C=O) groups excluding carboxylic acids is 2. The van der Waals surface area contributed by atoms with Gasteiger partial charge in [0.15, 0.2) is 0 Å². The number of aliphatic carboxylic acids is 1. The predicted octanol–water partition coefficient (Wildman–Crippen LogP) is 0.695. The highest BCUT2D eigenvalue weighted by Crippen LogP contribution is 2.29. The Morgan fingerprint density at radius 2 is 2.10 bits per heavy atom. The molecule has 0 bridgehead atoms. The third-order valence-corrected chi connectivity index (χ3v) is 4.42. The van der Waals surface area contributed by atoms with Crippen LogP contribution in [-0.4, -0.2) is 70.7 Å². The van der Waals surface area contributed by atoms with Gasteiger partial charge in [-0.1, -0.05) is 6.92 Å². The highest BCUT2D eigenvalue weighted by Gasteiger charge is 2.41. The van der Waals surface area contributed by atoms with Crippen molar-refractivity contribution < 1.29 is 24.2 Å². The normalized spacial score (nSPS) is 23.3. The summed E-state index contributed by atoms with van der Waals surface area (Å²) in [6.07, 6.45) is 0. The van der Waals surface area contributed by atoms with Crippen LogP contribution in [0.25, 0.3) is 0 Å². The number of carbonyl (C=O) groups is 3. The summed E-state index contributed by atoms with van der Waals surface area (Å²) >= 11 is 1.42. The Bertz CT molecular complexity index is 403. The van der Waals surface area contributed by atoms with Crippen molar-refractivity contribution in [1.82, 2.24) is 9.80 Å². The minimum Gasteiger partial charge on any atom is -0.480 e. The fraction of sp³-hybridized carbons (Fsp3) is 0.750. The molecule has 7 nitrogen and oxygen atoms in total. The van der Waals surface area contributed by atoms with Crippen molar-refractivity contribution in [2.75, 3.05) is 26.5 Å². The first-order valence-corrected chi connectivity index (χ1v) is 7.30. The summed E-state index contributed by atoms with van der Waals surface area (Å²) in [5.41, 5.74) is 0. The number of carboxylic acid groups (broad SMARTS) is 1. The fourth-order valence-electron chi connectivity index (χ4n) is 2.09. The fourth-order valence-corrected chi connectivity index (χ4v) is 3.25. The van der Waals surface area contributed by atoms with E-state index >= 15 is 0 Å². The molecule has 0 aliphatic carbocycles. The van der Waals surface area contributed by atoms with Gasteiger partial charge < -0.3 is 14.7 Å². The van der Waals surface area contributed by atoms with Crippen LogP contribution in [0.1, 0.15) is 13.8 Å². The van der Waals surface area contributed by atoms with E-state index in [1.165, 1.54) is 28.7 Å². The van der Waals surface area contributed by atoms with Crippen LogP contribution in [0.5, 0.6) is 0 Å². The summed E-state index contributed by atoms with van der Waals surface area (Å²) < 4.78 is 4.61. The summed E-state index contributed by atoms with van der Waals surface area (Å²) in [5, 5.41) is 8.95. The number of thioether (sulfide) groups is 1. The molecule has 3 unspecified atom stereocenters. The maximum absolute atomic E-state index is 12.3. The van der Waals surface area contributed by atoms with Crippen molar-refractivity contribution in [2.45, 2.75) is 25.3 Å². The number of rotatable bonds is 4. The summed E-state index contributed by atoms with van der Waals surface area (Å²) in [6, 6.07) is -1.20. The van der Waals surface area contributed by atoms with E-state index in [2.05, 4.69) is 4.74 Å². The molecule has 114 valence electrons. The standard InChI is InChI=1S/C12H20N2O5S/c1-7(11(17)19-4)5-13(3)12(18)14-8(2)20-6-9(14)10(15)16/h7-9H,5-6H2,1-4H3,(H,15,16). The molecule has 0 aromatic carbocycles. The average Bonchev–Trinajstić information content (AvgIpc) is 2.78. The molecule has 20 heavy (non-hydrogen) atoms. The van der Waals surface area contributed by atoms with Crippen molar-refractivity contribution >= 4 is 29.7 Å². The highest BCUT2D eigenvalue weighted by molar-refractivity contribution is 8.00. The quantitative estimate of drug-likeness (QED) is 0.769. The van der Waals surface area contributed by atoms with Crippen LogP contribution >= 0.6 is 11.8 Å². The number of nitrogens with zero attached hydrogens (tertiary/aromatic N) is 2. The Morgan fingerprint density at radius 1 is 1.50 bits per heavy atom. The van der Waals surface area contributed by atoms with Gasteiger partial charge in [-0.25, -0.2) is 9.59 Å². The molecule has 1 aliphatic heterocycles. The monoisotopic (exact) mass is 304 g/mol. The third kappa shape index (κ3) is 3.56. The second kappa shape index (κ2) is 6.83. The van der Waals surface area contributed by atoms with Gasteiger partial charge in [0.25, 0.3) is 0 Å². The van der Waals surface area contributed by atoms with Crippen LogP contribution in [0, 0.1) is 5.92 Å². The Labute approximate surface area is 122 Å². The van der Waals surface area contributed by atoms with Crippen molar-refractivity contribution in [3.05, 3.63) is 0 Å². The van der Waals surface area contributed by atoms with Gasteiger partial charge >= 0.3 is 18.0 Å². The van der Waals surface area contributed by atoms with Crippen LogP contribution in [0.3, 0.4) is 0 Å². The van der Waals surface area contributed by atoms with Crippen molar-refractivity contribution in [2.24, 2.45) is 5.92 Å². The van der Waals surface area contributed by atoms with Gasteiger partial charge in [-0.15, -0.1) is 11.8 Å². The van der Waals surface area contributed by atoms with Gasteiger partial charge in [0.1, 0.15) is 6.04 Å². The zero-order valence-corrected chi connectivity index (χ0v) is 12.8. The molecule has 2 amide bonds. The molecule has 1 rings (SSSR count). The molecule has 1 saturated heterocycles. The number of amides is 2. The number of hydrogen-bond donors (Lipinski definition) is 1. The molecule has 0 aromatic heterocycles. The number of hydrogen-bond acceptors (Lipinski definition) is 5. The maximum Gasteiger partial charge on any atom is 0.327 e. The molecular formula is C12H20N2O5S. The number of urea groups is 1. The van der Waals surface area contributed by atoms with Crippen LogP contribution in [0.4, 0.5) is 4.79 Å².